The van der Waals surface area contributed by atoms with Gasteiger partial charge >= 0.3 is 0 Å². The van der Waals surface area contributed by atoms with Crippen LogP contribution < -0.4 is 9.47 Å². The zero-order valence-electron chi connectivity index (χ0n) is 15.8. The lowest BCUT2D eigenvalue weighted by molar-refractivity contribution is 0.0936. The van der Waals surface area contributed by atoms with E-state index in [1.165, 1.54) is 25.3 Å². The largest absolute Gasteiger partial charge is 0.508 e. The van der Waals surface area contributed by atoms with E-state index in [-0.39, 0.29) is 23.4 Å². The number of rotatable bonds is 6. The highest BCUT2D eigenvalue weighted by Crippen LogP contribution is 2.41. The number of hydrogen-bond donors (Lipinski definition) is 1. The van der Waals surface area contributed by atoms with Gasteiger partial charge in [0, 0.05) is 18.7 Å². The minimum Gasteiger partial charge on any atom is -0.508 e. The van der Waals surface area contributed by atoms with Gasteiger partial charge in [0.2, 0.25) is 0 Å². The van der Waals surface area contributed by atoms with Crippen LogP contribution in [0.4, 0.5) is 4.39 Å². The minimum atomic E-state index is -0.405. The number of ketones is 1. The average molecular weight is 385 g/mol. The van der Waals surface area contributed by atoms with Gasteiger partial charge in [0.05, 0.1) is 19.8 Å². The monoisotopic (exact) mass is 385 g/mol. The fourth-order valence-corrected chi connectivity index (χ4v) is 4.44. The number of fused-ring (bicyclic) bond motifs is 1. The number of Topliss-reactive ketones (excluding diaryl/α,β-unsaturated/α-hetero) is 1. The predicted octanol–water partition coefficient (Wildman–Crippen LogP) is 3.51. The standard InChI is InChI=1S/C22H24FNO4/c1-27-21-4-2-3-19(23)22(21)28-18-9-15-11-24(12-16(15)10-18)13-20(26)14-5-7-17(25)8-6-14/h2-8,15-16,18,25H,9-13H2,1H3/t15-,16+,18?. The number of nitrogens with zero attached hydrogens (tertiary/aromatic N) is 1. The van der Waals surface area contributed by atoms with Gasteiger partial charge in [-0.2, -0.15) is 0 Å². The normalized spacial score (nSPS) is 24.1. The zero-order valence-corrected chi connectivity index (χ0v) is 15.8. The summed E-state index contributed by atoms with van der Waals surface area (Å²) in [6, 6.07) is 11.1. The molecule has 4 rings (SSSR count). The van der Waals surface area contributed by atoms with Crippen LogP contribution in [0.15, 0.2) is 42.5 Å². The van der Waals surface area contributed by atoms with E-state index in [4.69, 9.17) is 9.47 Å². The van der Waals surface area contributed by atoms with Crippen LogP contribution in [0.3, 0.4) is 0 Å². The first-order chi connectivity index (χ1) is 13.5. The number of hydrogen-bond acceptors (Lipinski definition) is 5. The molecule has 28 heavy (non-hydrogen) atoms. The molecular weight excluding hydrogens is 361 g/mol. The molecule has 2 aromatic carbocycles. The summed E-state index contributed by atoms with van der Waals surface area (Å²) < 4.78 is 25.3. The average Bonchev–Trinajstić information content (AvgIpc) is 3.21. The van der Waals surface area contributed by atoms with Gasteiger partial charge in [-0.15, -0.1) is 0 Å². The Morgan fingerprint density at radius 1 is 1.14 bits per heavy atom. The molecule has 0 bridgehead atoms. The first kappa shape index (κ1) is 18.7. The summed E-state index contributed by atoms with van der Waals surface area (Å²) in [5, 5.41) is 9.35. The third-order valence-electron chi connectivity index (χ3n) is 5.78. The van der Waals surface area contributed by atoms with Crippen molar-refractivity contribution in [1.29, 1.82) is 0 Å². The summed E-state index contributed by atoms with van der Waals surface area (Å²) in [7, 11) is 1.51. The van der Waals surface area contributed by atoms with E-state index in [0.29, 0.717) is 29.7 Å². The maximum Gasteiger partial charge on any atom is 0.197 e. The van der Waals surface area contributed by atoms with Gasteiger partial charge in [-0.1, -0.05) is 6.07 Å². The molecule has 148 valence electrons. The van der Waals surface area contributed by atoms with E-state index in [9.17, 15) is 14.3 Å². The van der Waals surface area contributed by atoms with Crippen molar-refractivity contribution < 1.29 is 23.8 Å². The van der Waals surface area contributed by atoms with E-state index in [1.54, 1.807) is 24.3 Å². The summed E-state index contributed by atoms with van der Waals surface area (Å²) in [6.45, 7) is 2.08. The molecule has 5 nitrogen and oxygen atoms in total. The number of ether oxygens (including phenoxy) is 2. The van der Waals surface area contributed by atoms with Crippen molar-refractivity contribution in [3.05, 3.63) is 53.8 Å². The van der Waals surface area contributed by atoms with Crippen LogP contribution in [0.5, 0.6) is 17.2 Å². The van der Waals surface area contributed by atoms with Crippen LogP contribution in [-0.2, 0) is 0 Å². The Morgan fingerprint density at radius 2 is 1.82 bits per heavy atom. The molecular formula is C22H24FNO4. The Bertz CT molecular complexity index is 840. The number of phenolic OH excluding ortho intramolecular Hbond substituents is 1. The molecule has 2 aromatic rings. The summed E-state index contributed by atoms with van der Waals surface area (Å²) in [5.74, 6) is 1.32. The van der Waals surface area contributed by atoms with Crippen LogP contribution in [0, 0.1) is 17.7 Å². The topological polar surface area (TPSA) is 59.0 Å². The van der Waals surface area contributed by atoms with Gasteiger partial charge in [0.1, 0.15) is 5.75 Å². The highest BCUT2D eigenvalue weighted by Gasteiger charge is 2.42. The SMILES string of the molecule is COc1cccc(F)c1OC1C[C@@H]2CN(CC(=O)c3ccc(O)cc3)C[C@@H]2C1. The molecule has 0 radical (unpaired) electrons. The van der Waals surface area contributed by atoms with E-state index in [1.807, 2.05) is 0 Å². The van der Waals surface area contributed by atoms with Gasteiger partial charge in [-0.05, 0) is 61.1 Å². The van der Waals surface area contributed by atoms with Crippen molar-refractivity contribution >= 4 is 5.78 Å². The Hall–Kier alpha value is -2.60. The summed E-state index contributed by atoms with van der Waals surface area (Å²) >= 11 is 0. The first-order valence-electron chi connectivity index (χ1n) is 9.57. The molecule has 1 aliphatic heterocycles. The van der Waals surface area contributed by atoms with Crippen LogP contribution in [-0.4, -0.2) is 48.6 Å². The van der Waals surface area contributed by atoms with Crippen molar-refractivity contribution in [2.24, 2.45) is 11.8 Å². The smallest absolute Gasteiger partial charge is 0.197 e. The molecule has 1 unspecified atom stereocenters. The number of carbonyl (C=O) groups is 1. The molecule has 3 atom stereocenters. The molecule has 0 aromatic heterocycles. The summed E-state index contributed by atoms with van der Waals surface area (Å²) in [4.78, 5) is 14.6. The van der Waals surface area contributed by atoms with Gasteiger partial charge in [0.15, 0.2) is 23.1 Å². The third-order valence-corrected chi connectivity index (χ3v) is 5.78. The van der Waals surface area contributed by atoms with E-state index in [2.05, 4.69) is 4.90 Å². The van der Waals surface area contributed by atoms with Crippen LogP contribution in [0.2, 0.25) is 0 Å². The molecule has 2 aliphatic rings. The van der Waals surface area contributed by atoms with Crippen molar-refractivity contribution in [2.75, 3.05) is 26.7 Å². The number of methoxy groups -OCH3 is 1. The zero-order chi connectivity index (χ0) is 19.7. The molecule has 1 saturated heterocycles. The quantitative estimate of drug-likeness (QED) is 0.771. The van der Waals surface area contributed by atoms with E-state index in [0.717, 1.165) is 25.9 Å². The fourth-order valence-electron chi connectivity index (χ4n) is 4.44. The lowest BCUT2D eigenvalue weighted by Crippen LogP contribution is -2.30. The van der Waals surface area contributed by atoms with Crippen molar-refractivity contribution in [1.82, 2.24) is 4.90 Å². The molecule has 2 fully saturated rings. The predicted molar refractivity (Wildman–Crippen MR) is 102 cm³/mol. The Morgan fingerprint density at radius 3 is 2.46 bits per heavy atom. The van der Waals surface area contributed by atoms with Crippen molar-refractivity contribution in [2.45, 2.75) is 18.9 Å². The molecule has 0 amide bonds. The maximum atomic E-state index is 14.1. The first-order valence-corrected chi connectivity index (χ1v) is 9.57. The number of benzene rings is 2. The fraction of sp³-hybridized carbons (Fsp3) is 0.409. The van der Waals surface area contributed by atoms with Gasteiger partial charge < -0.3 is 14.6 Å². The second-order valence-electron chi connectivity index (χ2n) is 7.67. The van der Waals surface area contributed by atoms with Crippen LogP contribution in [0.1, 0.15) is 23.2 Å². The molecule has 1 saturated carbocycles. The Balaban J connectivity index is 1.32. The Kier molecular flexibility index (Phi) is 5.22. The lowest BCUT2D eigenvalue weighted by atomic mass is 10.0. The molecule has 1 heterocycles. The number of halogens is 1. The van der Waals surface area contributed by atoms with E-state index >= 15 is 0 Å². The molecule has 6 heteroatoms. The highest BCUT2D eigenvalue weighted by molar-refractivity contribution is 5.97. The summed E-state index contributed by atoms with van der Waals surface area (Å²) in [6.07, 6.45) is 1.67. The molecule has 0 spiro atoms. The maximum absolute atomic E-state index is 14.1. The van der Waals surface area contributed by atoms with Crippen molar-refractivity contribution in [3.63, 3.8) is 0 Å². The van der Waals surface area contributed by atoms with E-state index < -0.39 is 5.82 Å². The lowest BCUT2D eigenvalue weighted by Gasteiger charge is -2.20. The van der Waals surface area contributed by atoms with Crippen LogP contribution >= 0.6 is 0 Å². The van der Waals surface area contributed by atoms with Gasteiger partial charge in [-0.3, -0.25) is 9.69 Å². The number of para-hydroxylation sites is 1. The van der Waals surface area contributed by atoms with Gasteiger partial charge in [-0.25, -0.2) is 4.39 Å². The summed E-state index contributed by atoms with van der Waals surface area (Å²) in [5.41, 5.74) is 0.614. The van der Waals surface area contributed by atoms with Crippen molar-refractivity contribution in [3.8, 4) is 17.2 Å². The molecule has 1 N–H and O–H groups in total. The number of phenols is 1. The van der Waals surface area contributed by atoms with Crippen LogP contribution in [0.25, 0.3) is 0 Å². The number of carbonyl (C=O) groups excluding carboxylic acids is 1. The highest BCUT2D eigenvalue weighted by atomic mass is 19.1. The number of aromatic hydroxyl groups is 1. The third kappa shape index (κ3) is 3.83. The number of likely N-dealkylation sites (tertiary alicyclic amines) is 1. The minimum absolute atomic E-state index is 0.0317. The second kappa shape index (κ2) is 7.80. The Labute approximate surface area is 163 Å². The van der Waals surface area contributed by atoms with Gasteiger partial charge in [0.25, 0.3) is 0 Å². The molecule has 1 aliphatic carbocycles. The second-order valence-corrected chi connectivity index (χ2v) is 7.67.